The molecule has 1 unspecified atom stereocenters. The number of aliphatic hydroxyl groups excluding tert-OH is 3. The Balaban J connectivity index is 4.69. The van der Waals surface area contributed by atoms with Crippen LogP contribution in [-0.4, -0.2) is 83.8 Å². The molecule has 0 spiro atoms. The van der Waals surface area contributed by atoms with Gasteiger partial charge in [-0.3, -0.25) is 14.4 Å². The Bertz CT molecular complexity index is 677. The fourth-order valence-corrected chi connectivity index (χ4v) is 3.18. The zero-order valence-corrected chi connectivity index (χ0v) is 22.2. The summed E-state index contributed by atoms with van der Waals surface area (Å²) in [6.45, 7) is 11.2. The topological polar surface area (TPSA) is 154 Å². The molecule has 0 saturated heterocycles. The highest BCUT2D eigenvalue weighted by Crippen LogP contribution is 2.17. The molecule has 0 saturated carbocycles. The van der Waals surface area contributed by atoms with Crippen molar-refractivity contribution in [1.82, 2.24) is 10.6 Å². The van der Waals surface area contributed by atoms with Gasteiger partial charge in [-0.2, -0.15) is 0 Å². The second kappa shape index (κ2) is 16.6. The number of ether oxygens (including phenoxy) is 2. The largest absolute Gasteiger partial charge is 0.464 e. The van der Waals surface area contributed by atoms with Gasteiger partial charge in [0.05, 0.1) is 12.5 Å². The summed E-state index contributed by atoms with van der Waals surface area (Å²) in [5.41, 5.74) is -0.252. The van der Waals surface area contributed by atoms with Crippen molar-refractivity contribution in [3.63, 3.8) is 0 Å². The third-order valence-corrected chi connectivity index (χ3v) is 5.45. The van der Waals surface area contributed by atoms with E-state index in [4.69, 9.17) is 9.47 Å². The summed E-state index contributed by atoms with van der Waals surface area (Å²) >= 11 is 0. The number of carbonyl (C=O) groups excluding carboxylic acids is 3. The van der Waals surface area contributed by atoms with Crippen LogP contribution < -0.4 is 10.6 Å². The van der Waals surface area contributed by atoms with Gasteiger partial charge in [0.1, 0.15) is 31.0 Å². The molecule has 204 valence electrons. The van der Waals surface area contributed by atoms with Crippen LogP contribution in [0.3, 0.4) is 0 Å². The van der Waals surface area contributed by atoms with Gasteiger partial charge in [0.25, 0.3) is 5.91 Å². The molecule has 0 aliphatic heterocycles. The highest BCUT2D eigenvalue weighted by Gasteiger charge is 2.36. The Morgan fingerprint density at radius 3 is 2.17 bits per heavy atom. The van der Waals surface area contributed by atoms with Crippen LogP contribution in [0.2, 0.25) is 0 Å². The molecule has 0 bridgehead atoms. The van der Waals surface area contributed by atoms with Crippen LogP contribution in [-0.2, 0) is 23.9 Å². The number of methoxy groups -OCH3 is 1. The first-order valence-electron chi connectivity index (χ1n) is 12.3. The molecule has 10 heteroatoms. The first kappa shape index (κ1) is 33.0. The van der Waals surface area contributed by atoms with Crippen molar-refractivity contribution in [2.24, 2.45) is 11.3 Å². The number of carbonyl (C=O) groups is 3. The first-order chi connectivity index (χ1) is 16.3. The van der Waals surface area contributed by atoms with Crippen molar-refractivity contribution in [3.8, 4) is 0 Å². The number of esters is 1. The number of hydrogen-bond donors (Lipinski definition) is 5. The number of nitrogens with one attached hydrogen (secondary N) is 2. The molecule has 0 radical (unpaired) electrons. The number of aliphatic hydroxyl groups is 3. The molecule has 5 N–H and O–H groups in total. The van der Waals surface area contributed by atoms with Gasteiger partial charge >= 0.3 is 5.97 Å². The van der Waals surface area contributed by atoms with E-state index in [0.717, 1.165) is 19.3 Å². The third-order valence-electron chi connectivity index (χ3n) is 5.45. The van der Waals surface area contributed by atoms with E-state index in [0.29, 0.717) is 6.42 Å². The van der Waals surface area contributed by atoms with Crippen molar-refractivity contribution in [2.45, 2.75) is 97.7 Å². The number of unbranched alkanes of at least 4 members (excludes halogenated alkanes) is 1. The van der Waals surface area contributed by atoms with Gasteiger partial charge in [-0.15, -0.1) is 0 Å². The quantitative estimate of drug-likeness (QED) is 0.119. The predicted molar refractivity (Wildman–Crippen MR) is 132 cm³/mol. The van der Waals surface area contributed by atoms with E-state index in [9.17, 15) is 29.7 Å². The minimum absolute atomic E-state index is 0.0133. The monoisotopic (exact) mass is 502 g/mol. The number of allylic oxidation sites excluding steroid dienone is 1. The average molecular weight is 503 g/mol. The first-order valence-corrected chi connectivity index (χ1v) is 12.3. The summed E-state index contributed by atoms with van der Waals surface area (Å²) in [5, 5.41) is 35.7. The van der Waals surface area contributed by atoms with Gasteiger partial charge in [-0.1, -0.05) is 59.6 Å². The smallest absolute Gasteiger partial charge is 0.308 e. The molecule has 0 rings (SSSR count). The number of amides is 2. The van der Waals surface area contributed by atoms with Crippen LogP contribution in [0.1, 0.15) is 67.2 Å². The molecule has 0 aliphatic rings. The molecule has 35 heavy (non-hydrogen) atoms. The minimum atomic E-state index is -1.74. The summed E-state index contributed by atoms with van der Waals surface area (Å²) in [6, 6.07) is -0.987. The van der Waals surface area contributed by atoms with Gasteiger partial charge in [-0.05, 0) is 25.2 Å². The van der Waals surface area contributed by atoms with E-state index < -0.39 is 42.3 Å². The lowest BCUT2D eigenvalue weighted by Crippen LogP contribution is -2.55. The lowest BCUT2D eigenvalue weighted by molar-refractivity contribution is -0.150. The normalized spacial score (nSPS) is 17.2. The van der Waals surface area contributed by atoms with Crippen LogP contribution >= 0.6 is 0 Å². The lowest BCUT2D eigenvalue weighted by atomic mass is 9.94. The van der Waals surface area contributed by atoms with Crippen LogP contribution in [0.25, 0.3) is 0 Å². The molecule has 0 aromatic heterocycles. The van der Waals surface area contributed by atoms with Gasteiger partial charge in [-0.25, -0.2) is 0 Å². The summed E-state index contributed by atoms with van der Waals surface area (Å²) in [7, 11) is 1.17. The molecule has 0 fully saturated rings. The second-order valence-corrected chi connectivity index (χ2v) is 9.79. The maximum Gasteiger partial charge on any atom is 0.308 e. The van der Waals surface area contributed by atoms with Crippen LogP contribution in [0.4, 0.5) is 0 Å². The van der Waals surface area contributed by atoms with Crippen molar-refractivity contribution in [1.29, 1.82) is 0 Å². The van der Waals surface area contributed by atoms with Crippen molar-refractivity contribution in [2.75, 3.05) is 20.3 Å². The van der Waals surface area contributed by atoms with Gasteiger partial charge in [0.15, 0.2) is 6.10 Å². The highest BCUT2D eigenvalue weighted by atomic mass is 16.5. The van der Waals surface area contributed by atoms with Crippen LogP contribution in [0, 0.1) is 11.3 Å². The standard InChI is InChI=1S/C25H46N2O8/c1-8-10-11-17(9-2)24(33)35-15-14-26-22(31)16(3)27-23(32)21(34-7)20(30)19(29)18(28)12-13-25(4,5)6/h12-13,16-21,28-30H,8-11,14-15H2,1-7H3,(H,26,31)(H,27,32)/b13-12+/t16-,17?,18+,19-,20+,21+/m0/s1. The Hall–Kier alpha value is -2.01. The Labute approximate surface area is 209 Å². The van der Waals surface area contributed by atoms with Crippen molar-refractivity contribution < 1.29 is 39.2 Å². The van der Waals surface area contributed by atoms with E-state index in [-0.39, 0.29) is 30.5 Å². The number of hydrogen-bond acceptors (Lipinski definition) is 8. The van der Waals surface area contributed by atoms with Crippen LogP contribution in [0.15, 0.2) is 12.2 Å². The van der Waals surface area contributed by atoms with Crippen LogP contribution in [0.5, 0.6) is 0 Å². The van der Waals surface area contributed by atoms with Crippen molar-refractivity contribution >= 4 is 17.8 Å². The minimum Gasteiger partial charge on any atom is -0.464 e. The lowest BCUT2D eigenvalue weighted by Gasteiger charge is -2.28. The highest BCUT2D eigenvalue weighted by molar-refractivity contribution is 5.89. The molecule has 10 nitrogen and oxygen atoms in total. The molecular weight excluding hydrogens is 456 g/mol. The van der Waals surface area contributed by atoms with Gasteiger partial charge < -0.3 is 35.4 Å². The van der Waals surface area contributed by atoms with E-state index in [1.807, 2.05) is 27.7 Å². The molecule has 0 aromatic carbocycles. The Morgan fingerprint density at radius 1 is 1.03 bits per heavy atom. The predicted octanol–water partition coefficient (Wildman–Crippen LogP) is 1.07. The van der Waals surface area contributed by atoms with E-state index in [1.54, 1.807) is 6.08 Å². The summed E-state index contributed by atoms with van der Waals surface area (Å²) in [6.07, 6.45) is 0.0498. The van der Waals surface area contributed by atoms with E-state index in [2.05, 4.69) is 17.6 Å². The van der Waals surface area contributed by atoms with Crippen molar-refractivity contribution in [3.05, 3.63) is 12.2 Å². The molecule has 6 atom stereocenters. The summed E-state index contributed by atoms with van der Waals surface area (Å²) < 4.78 is 10.2. The maximum absolute atomic E-state index is 12.5. The SMILES string of the molecule is CCCCC(CC)C(=O)OCCNC(=O)[C@H](C)NC(=O)[C@H](OC)[C@H](O)[C@@H](O)[C@H](O)/C=C/C(C)(C)C. The maximum atomic E-state index is 12.5. The number of rotatable bonds is 16. The van der Waals surface area contributed by atoms with E-state index >= 15 is 0 Å². The Morgan fingerprint density at radius 2 is 1.66 bits per heavy atom. The zero-order valence-electron chi connectivity index (χ0n) is 22.2. The van der Waals surface area contributed by atoms with E-state index in [1.165, 1.54) is 20.1 Å². The molecule has 0 aliphatic carbocycles. The molecule has 0 heterocycles. The fraction of sp³-hybridized carbons (Fsp3) is 0.800. The second-order valence-electron chi connectivity index (χ2n) is 9.79. The summed E-state index contributed by atoms with van der Waals surface area (Å²) in [5.74, 6) is -1.79. The Kier molecular flexibility index (Phi) is 15.7. The third kappa shape index (κ3) is 13.0. The summed E-state index contributed by atoms with van der Waals surface area (Å²) in [4.78, 5) is 36.9. The molecular formula is C25H46N2O8. The zero-order chi connectivity index (χ0) is 27.2. The van der Waals surface area contributed by atoms with Gasteiger partial charge in [0, 0.05) is 7.11 Å². The van der Waals surface area contributed by atoms with Gasteiger partial charge in [0.2, 0.25) is 5.91 Å². The average Bonchev–Trinajstić information content (AvgIpc) is 2.79. The fourth-order valence-electron chi connectivity index (χ4n) is 3.18. The molecule has 0 aromatic rings. The molecule has 2 amide bonds.